The molecule has 0 fully saturated rings. The summed E-state index contributed by atoms with van der Waals surface area (Å²) < 4.78 is 19.1. The van der Waals surface area contributed by atoms with Crippen LogP contribution in [-0.2, 0) is 0 Å². The van der Waals surface area contributed by atoms with E-state index in [4.69, 9.17) is 4.42 Å². The molecular weight excluding hydrogens is 389 g/mol. The van der Waals surface area contributed by atoms with E-state index in [-0.39, 0.29) is 17.5 Å². The SMILES string of the molecule is Cc1cc(C(Nc2ccccn2)c2cccc(F)c2)c(NC(=O)c2ccco2)s1. The summed E-state index contributed by atoms with van der Waals surface area (Å²) in [6.45, 7) is 1.96. The van der Waals surface area contributed by atoms with Crippen molar-refractivity contribution in [2.45, 2.75) is 13.0 Å². The number of pyridine rings is 1. The van der Waals surface area contributed by atoms with Gasteiger partial charge in [0.2, 0.25) is 0 Å². The van der Waals surface area contributed by atoms with Crippen molar-refractivity contribution in [3.8, 4) is 0 Å². The van der Waals surface area contributed by atoms with E-state index in [0.29, 0.717) is 10.8 Å². The summed E-state index contributed by atoms with van der Waals surface area (Å²) in [6.07, 6.45) is 3.14. The van der Waals surface area contributed by atoms with Gasteiger partial charge in [0.15, 0.2) is 5.76 Å². The first-order valence-corrected chi connectivity index (χ1v) is 9.80. The number of halogens is 1. The summed E-state index contributed by atoms with van der Waals surface area (Å²) in [5, 5.41) is 6.94. The summed E-state index contributed by atoms with van der Waals surface area (Å²) in [4.78, 5) is 17.9. The van der Waals surface area contributed by atoms with E-state index >= 15 is 0 Å². The summed E-state index contributed by atoms with van der Waals surface area (Å²) in [5.74, 6) is 0.202. The highest BCUT2D eigenvalue weighted by Crippen LogP contribution is 2.37. The lowest BCUT2D eigenvalue weighted by Crippen LogP contribution is -2.17. The molecule has 1 atom stereocenters. The second-order valence-electron chi connectivity index (χ2n) is 6.42. The van der Waals surface area contributed by atoms with E-state index in [1.165, 1.54) is 29.7 Å². The molecule has 3 heterocycles. The topological polar surface area (TPSA) is 67.2 Å². The Balaban J connectivity index is 1.73. The van der Waals surface area contributed by atoms with Gasteiger partial charge >= 0.3 is 0 Å². The highest BCUT2D eigenvalue weighted by molar-refractivity contribution is 7.16. The van der Waals surface area contributed by atoms with Crippen molar-refractivity contribution in [1.29, 1.82) is 0 Å². The number of nitrogens with one attached hydrogen (secondary N) is 2. The number of amides is 1. The first-order valence-electron chi connectivity index (χ1n) is 8.98. The van der Waals surface area contributed by atoms with Crippen LogP contribution in [0.5, 0.6) is 0 Å². The van der Waals surface area contributed by atoms with Gasteiger partial charge in [0.1, 0.15) is 16.6 Å². The number of carbonyl (C=O) groups is 1. The number of thiophene rings is 1. The molecule has 5 nitrogen and oxygen atoms in total. The predicted molar refractivity (Wildman–Crippen MR) is 112 cm³/mol. The Labute approximate surface area is 171 Å². The van der Waals surface area contributed by atoms with Gasteiger partial charge in [0.25, 0.3) is 5.91 Å². The van der Waals surface area contributed by atoms with Gasteiger partial charge in [-0.1, -0.05) is 18.2 Å². The summed E-state index contributed by atoms with van der Waals surface area (Å²) in [7, 11) is 0. The van der Waals surface area contributed by atoms with E-state index in [1.54, 1.807) is 24.4 Å². The third kappa shape index (κ3) is 4.35. The zero-order valence-corrected chi connectivity index (χ0v) is 16.4. The number of hydrogen-bond acceptors (Lipinski definition) is 5. The number of nitrogens with zero attached hydrogens (tertiary/aromatic N) is 1. The Morgan fingerprint density at radius 1 is 1.14 bits per heavy atom. The Morgan fingerprint density at radius 2 is 2.03 bits per heavy atom. The van der Waals surface area contributed by atoms with Crippen molar-refractivity contribution in [3.05, 3.63) is 101 Å². The van der Waals surface area contributed by atoms with Gasteiger partial charge < -0.3 is 15.1 Å². The van der Waals surface area contributed by atoms with Crippen molar-refractivity contribution < 1.29 is 13.6 Å². The fourth-order valence-electron chi connectivity index (χ4n) is 3.04. The van der Waals surface area contributed by atoms with Gasteiger partial charge in [-0.25, -0.2) is 9.37 Å². The molecule has 1 amide bonds. The summed E-state index contributed by atoms with van der Waals surface area (Å²) in [6, 6.07) is 16.8. The number of rotatable bonds is 6. The second-order valence-corrected chi connectivity index (χ2v) is 7.68. The number of hydrogen-bond donors (Lipinski definition) is 2. The van der Waals surface area contributed by atoms with Gasteiger partial charge in [-0.05, 0) is 55.0 Å². The summed E-state index contributed by atoms with van der Waals surface area (Å²) >= 11 is 1.45. The van der Waals surface area contributed by atoms with Crippen LogP contribution in [0.2, 0.25) is 0 Å². The average molecular weight is 407 g/mol. The molecule has 4 aromatic rings. The Hall–Kier alpha value is -3.45. The van der Waals surface area contributed by atoms with E-state index in [9.17, 15) is 9.18 Å². The van der Waals surface area contributed by atoms with Crippen molar-refractivity contribution in [2.24, 2.45) is 0 Å². The molecule has 0 spiro atoms. The number of aryl methyl sites for hydroxylation is 1. The lowest BCUT2D eigenvalue weighted by atomic mass is 9.99. The molecule has 0 radical (unpaired) electrons. The maximum Gasteiger partial charge on any atom is 0.291 e. The lowest BCUT2D eigenvalue weighted by molar-refractivity contribution is 0.0997. The van der Waals surface area contributed by atoms with Crippen molar-refractivity contribution in [2.75, 3.05) is 10.6 Å². The minimum absolute atomic E-state index is 0.224. The molecule has 0 aliphatic rings. The van der Waals surface area contributed by atoms with Crippen LogP contribution in [0.15, 0.2) is 77.5 Å². The molecule has 1 unspecified atom stereocenters. The maximum absolute atomic E-state index is 14.0. The van der Waals surface area contributed by atoms with Crippen molar-refractivity contribution >= 4 is 28.1 Å². The molecule has 0 bridgehead atoms. The number of anilines is 2. The lowest BCUT2D eigenvalue weighted by Gasteiger charge is -2.21. The van der Waals surface area contributed by atoms with Crippen LogP contribution in [0.25, 0.3) is 0 Å². The first kappa shape index (κ1) is 18.9. The Kier molecular flexibility index (Phi) is 5.39. The molecule has 146 valence electrons. The molecular formula is C22H18FN3O2S. The second kappa shape index (κ2) is 8.28. The van der Waals surface area contributed by atoms with E-state index < -0.39 is 6.04 Å². The molecule has 0 aliphatic carbocycles. The minimum atomic E-state index is -0.405. The van der Waals surface area contributed by atoms with Crippen LogP contribution in [0.1, 0.15) is 32.6 Å². The van der Waals surface area contributed by atoms with Crippen LogP contribution in [0, 0.1) is 12.7 Å². The van der Waals surface area contributed by atoms with Crippen molar-refractivity contribution in [1.82, 2.24) is 4.98 Å². The number of aromatic nitrogens is 1. The molecule has 1 aromatic carbocycles. The minimum Gasteiger partial charge on any atom is -0.459 e. The maximum atomic E-state index is 14.0. The van der Waals surface area contributed by atoms with Gasteiger partial charge in [0, 0.05) is 16.6 Å². The standard InChI is InChI=1S/C22H18FN3O2S/c1-14-12-17(22(29-14)26-21(27)18-8-5-11-28-18)20(15-6-4-7-16(23)13-15)25-19-9-2-3-10-24-19/h2-13,20H,1H3,(H,24,25)(H,26,27). The fourth-order valence-corrected chi connectivity index (χ4v) is 3.99. The average Bonchev–Trinajstić information content (AvgIpc) is 3.37. The Morgan fingerprint density at radius 3 is 2.76 bits per heavy atom. The highest BCUT2D eigenvalue weighted by Gasteiger charge is 2.23. The van der Waals surface area contributed by atoms with Gasteiger partial charge in [-0.2, -0.15) is 0 Å². The molecule has 0 saturated heterocycles. The van der Waals surface area contributed by atoms with Crippen LogP contribution in [0.4, 0.5) is 15.2 Å². The van der Waals surface area contributed by atoms with E-state index in [2.05, 4.69) is 15.6 Å². The summed E-state index contributed by atoms with van der Waals surface area (Å²) in [5.41, 5.74) is 1.55. The van der Waals surface area contributed by atoms with Gasteiger partial charge in [0.05, 0.1) is 12.3 Å². The quantitative estimate of drug-likeness (QED) is 0.434. The third-order valence-corrected chi connectivity index (χ3v) is 5.29. The monoisotopic (exact) mass is 407 g/mol. The predicted octanol–water partition coefficient (Wildman–Crippen LogP) is 5.64. The normalized spacial score (nSPS) is 11.8. The van der Waals surface area contributed by atoms with E-state index in [1.807, 2.05) is 37.3 Å². The molecule has 4 rings (SSSR count). The zero-order chi connectivity index (χ0) is 20.2. The molecule has 29 heavy (non-hydrogen) atoms. The van der Waals surface area contributed by atoms with E-state index in [0.717, 1.165) is 16.0 Å². The molecule has 2 N–H and O–H groups in total. The highest BCUT2D eigenvalue weighted by atomic mass is 32.1. The first-order chi connectivity index (χ1) is 14.1. The number of furan rings is 1. The Bertz CT molecular complexity index is 1110. The van der Waals surface area contributed by atoms with Crippen molar-refractivity contribution in [3.63, 3.8) is 0 Å². The molecule has 0 aliphatic heterocycles. The van der Waals surface area contributed by atoms with Crippen LogP contribution < -0.4 is 10.6 Å². The zero-order valence-electron chi connectivity index (χ0n) is 15.6. The largest absolute Gasteiger partial charge is 0.459 e. The van der Waals surface area contributed by atoms with Crippen LogP contribution in [0.3, 0.4) is 0 Å². The van der Waals surface area contributed by atoms with Crippen LogP contribution >= 0.6 is 11.3 Å². The fraction of sp³-hybridized carbons (Fsp3) is 0.0909. The van der Waals surface area contributed by atoms with Gasteiger partial charge in [-0.15, -0.1) is 11.3 Å². The number of benzene rings is 1. The molecule has 0 saturated carbocycles. The third-order valence-electron chi connectivity index (χ3n) is 4.31. The number of carbonyl (C=O) groups excluding carboxylic acids is 1. The van der Waals surface area contributed by atoms with Gasteiger partial charge in [-0.3, -0.25) is 4.79 Å². The molecule has 7 heteroatoms. The smallest absolute Gasteiger partial charge is 0.291 e. The molecule has 3 aromatic heterocycles. The van der Waals surface area contributed by atoms with Crippen LogP contribution in [-0.4, -0.2) is 10.9 Å².